The van der Waals surface area contributed by atoms with E-state index in [2.05, 4.69) is 6.58 Å². The van der Waals surface area contributed by atoms with E-state index < -0.39 is 10.2 Å². The molecule has 0 radical (unpaired) electrons. The third kappa shape index (κ3) is 3.86. The molecule has 2 N–H and O–H groups in total. The molecule has 0 amide bonds. The van der Waals surface area contributed by atoms with E-state index in [1.807, 2.05) is 6.92 Å². The summed E-state index contributed by atoms with van der Waals surface area (Å²) in [5.74, 6) is 0. The molecule has 0 spiro atoms. The summed E-state index contributed by atoms with van der Waals surface area (Å²) in [5, 5.41) is 5.20. The molecule has 1 saturated heterocycles. The van der Waals surface area contributed by atoms with Crippen molar-refractivity contribution in [2.45, 2.75) is 38.3 Å². The van der Waals surface area contributed by atoms with Crippen LogP contribution in [-0.4, -0.2) is 38.0 Å². The predicted molar refractivity (Wildman–Crippen MR) is 63.1 cm³/mol. The van der Waals surface area contributed by atoms with Gasteiger partial charge in [0.25, 0.3) is 10.2 Å². The van der Waals surface area contributed by atoms with Gasteiger partial charge < -0.3 is 4.74 Å². The fraction of sp³-hybridized carbons (Fsp3) is 0.800. The minimum Gasteiger partial charge on any atom is -0.377 e. The van der Waals surface area contributed by atoms with Crippen LogP contribution >= 0.6 is 0 Å². The third-order valence-corrected chi connectivity index (χ3v) is 3.90. The van der Waals surface area contributed by atoms with Gasteiger partial charge in [0.05, 0.1) is 6.10 Å². The third-order valence-electron chi connectivity index (χ3n) is 2.73. The van der Waals surface area contributed by atoms with Crippen molar-refractivity contribution in [3.8, 4) is 0 Å². The van der Waals surface area contributed by atoms with Gasteiger partial charge in [-0.25, -0.2) is 5.14 Å². The van der Waals surface area contributed by atoms with Crippen LogP contribution < -0.4 is 5.14 Å². The smallest absolute Gasteiger partial charge is 0.277 e. The molecule has 0 aromatic heterocycles. The summed E-state index contributed by atoms with van der Waals surface area (Å²) >= 11 is 0. The number of hydrogen-bond donors (Lipinski definition) is 1. The van der Waals surface area contributed by atoms with E-state index in [9.17, 15) is 8.42 Å². The zero-order valence-electron chi connectivity index (χ0n) is 9.63. The molecule has 0 aliphatic carbocycles. The molecule has 0 bridgehead atoms. The lowest BCUT2D eigenvalue weighted by Gasteiger charge is -2.27. The Balaban J connectivity index is 2.66. The SMILES string of the molecule is C=CC[C@@H](C)N(C[C@H]1CCCO1)S(N)(=O)=O. The summed E-state index contributed by atoms with van der Waals surface area (Å²) in [6, 6.07) is -0.170. The largest absolute Gasteiger partial charge is 0.377 e. The molecule has 94 valence electrons. The Morgan fingerprint density at radius 2 is 2.38 bits per heavy atom. The highest BCUT2D eigenvalue weighted by molar-refractivity contribution is 7.86. The highest BCUT2D eigenvalue weighted by Gasteiger charge is 2.28. The summed E-state index contributed by atoms with van der Waals surface area (Å²) in [6.07, 6.45) is 4.14. The van der Waals surface area contributed by atoms with Crippen LogP contribution in [0.4, 0.5) is 0 Å². The second kappa shape index (κ2) is 5.77. The molecule has 0 aromatic rings. The average Bonchev–Trinajstić information content (AvgIpc) is 2.64. The molecule has 6 heteroatoms. The van der Waals surface area contributed by atoms with Crippen molar-refractivity contribution in [1.82, 2.24) is 4.31 Å². The van der Waals surface area contributed by atoms with Crippen molar-refractivity contribution in [1.29, 1.82) is 0 Å². The molecule has 2 atom stereocenters. The van der Waals surface area contributed by atoms with Gasteiger partial charge in [-0.1, -0.05) is 6.08 Å². The number of ether oxygens (including phenoxy) is 1. The molecular weight excluding hydrogens is 228 g/mol. The fourth-order valence-corrected chi connectivity index (χ4v) is 2.84. The summed E-state index contributed by atoms with van der Waals surface area (Å²) < 4.78 is 29.6. The monoisotopic (exact) mass is 248 g/mol. The van der Waals surface area contributed by atoms with Crippen molar-refractivity contribution in [3.05, 3.63) is 12.7 Å². The lowest BCUT2D eigenvalue weighted by molar-refractivity contribution is 0.0874. The van der Waals surface area contributed by atoms with E-state index in [1.54, 1.807) is 6.08 Å². The maximum atomic E-state index is 11.4. The Morgan fingerprint density at radius 1 is 1.69 bits per heavy atom. The number of nitrogens with zero attached hydrogens (tertiary/aromatic N) is 1. The number of rotatable bonds is 6. The lowest BCUT2D eigenvalue weighted by Crippen LogP contribution is -2.46. The highest BCUT2D eigenvalue weighted by Crippen LogP contribution is 2.17. The van der Waals surface area contributed by atoms with Gasteiger partial charge >= 0.3 is 0 Å². The zero-order chi connectivity index (χ0) is 12.2. The Bertz CT molecular complexity index is 323. The zero-order valence-corrected chi connectivity index (χ0v) is 10.4. The molecule has 1 fully saturated rings. The minimum atomic E-state index is -3.67. The highest BCUT2D eigenvalue weighted by atomic mass is 32.2. The van der Waals surface area contributed by atoms with Crippen molar-refractivity contribution in [2.24, 2.45) is 5.14 Å². The maximum Gasteiger partial charge on any atom is 0.277 e. The van der Waals surface area contributed by atoms with Crippen molar-refractivity contribution in [3.63, 3.8) is 0 Å². The average molecular weight is 248 g/mol. The van der Waals surface area contributed by atoms with Crippen LogP contribution in [0, 0.1) is 0 Å². The topological polar surface area (TPSA) is 72.6 Å². The van der Waals surface area contributed by atoms with Crippen LogP contribution in [0.2, 0.25) is 0 Å². The fourth-order valence-electron chi connectivity index (χ4n) is 1.88. The van der Waals surface area contributed by atoms with E-state index in [0.29, 0.717) is 19.6 Å². The van der Waals surface area contributed by atoms with Crippen LogP contribution in [0.3, 0.4) is 0 Å². The van der Waals surface area contributed by atoms with Gasteiger partial charge in [-0.3, -0.25) is 0 Å². The number of nitrogens with two attached hydrogens (primary N) is 1. The predicted octanol–water partition coefficient (Wildman–Crippen LogP) is 0.636. The van der Waals surface area contributed by atoms with E-state index >= 15 is 0 Å². The van der Waals surface area contributed by atoms with Crippen LogP contribution in [0.25, 0.3) is 0 Å². The first kappa shape index (κ1) is 13.6. The van der Waals surface area contributed by atoms with Gasteiger partial charge in [0.1, 0.15) is 0 Å². The Labute approximate surface area is 97.4 Å². The summed E-state index contributed by atoms with van der Waals surface area (Å²) in [7, 11) is -3.67. The van der Waals surface area contributed by atoms with Gasteiger partial charge in [0.2, 0.25) is 0 Å². The van der Waals surface area contributed by atoms with Gasteiger partial charge in [0, 0.05) is 19.2 Å². The summed E-state index contributed by atoms with van der Waals surface area (Å²) in [4.78, 5) is 0. The van der Waals surface area contributed by atoms with Gasteiger partial charge in [0.15, 0.2) is 0 Å². The molecule has 0 unspecified atom stereocenters. The molecule has 16 heavy (non-hydrogen) atoms. The minimum absolute atomic E-state index is 0.0226. The molecule has 1 aliphatic rings. The van der Waals surface area contributed by atoms with Crippen LogP contribution in [0.5, 0.6) is 0 Å². The van der Waals surface area contributed by atoms with E-state index in [0.717, 1.165) is 12.8 Å². The lowest BCUT2D eigenvalue weighted by atomic mass is 10.2. The van der Waals surface area contributed by atoms with Crippen LogP contribution in [0.15, 0.2) is 12.7 Å². The Morgan fingerprint density at radius 3 is 2.81 bits per heavy atom. The van der Waals surface area contributed by atoms with Crippen molar-refractivity contribution in [2.75, 3.05) is 13.2 Å². The molecular formula is C10H20N2O3S. The second-order valence-electron chi connectivity index (χ2n) is 4.12. The van der Waals surface area contributed by atoms with Gasteiger partial charge in [-0.15, -0.1) is 6.58 Å². The molecule has 0 saturated carbocycles. The maximum absolute atomic E-state index is 11.4. The first-order chi connectivity index (χ1) is 7.45. The molecule has 1 heterocycles. The van der Waals surface area contributed by atoms with E-state index in [4.69, 9.17) is 9.88 Å². The first-order valence-electron chi connectivity index (χ1n) is 5.47. The molecule has 1 rings (SSSR count). The van der Waals surface area contributed by atoms with E-state index in [-0.39, 0.29) is 12.1 Å². The molecule has 5 nitrogen and oxygen atoms in total. The number of hydrogen-bond acceptors (Lipinski definition) is 3. The standard InChI is InChI=1S/C10H20N2O3S/c1-3-5-9(2)12(16(11,13)14)8-10-6-4-7-15-10/h3,9-10H,1,4-8H2,2H3,(H2,11,13,14)/t9-,10-/m1/s1. The van der Waals surface area contributed by atoms with Crippen molar-refractivity contribution >= 4 is 10.2 Å². The quantitative estimate of drug-likeness (QED) is 0.701. The van der Waals surface area contributed by atoms with Crippen LogP contribution in [-0.2, 0) is 14.9 Å². The summed E-state index contributed by atoms with van der Waals surface area (Å²) in [5.41, 5.74) is 0. The Kier molecular flexibility index (Phi) is 4.91. The van der Waals surface area contributed by atoms with Crippen LogP contribution in [0.1, 0.15) is 26.2 Å². The second-order valence-corrected chi connectivity index (χ2v) is 5.62. The van der Waals surface area contributed by atoms with E-state index in [1.165, 1.54) is 4.31 Å². The van der Waals surface area contributed by atoms with Gasteiger partial charge in [-0.2, -0.15) is 12.7 Å². The first-order valence-corrected chi connectivity index (χ1v) is 6.97. The normalized spacial score (nSPS) is 23.6. The summed E-state index contributed by atoms with van der Waals surface area (Å²) in [6.45, 7) is 6.47. The molecule has 0 aromatic carbocycles. The molecule has 1 aliphatic heterocycles. The Hall–Kier alpha value is -0.430. The van der Waals surface area contributed by atoms with Crippen molar-refractivity contribution < 1.29 is 13.2 Å². The van der Waals surface area contributed by atoms with Gasteiger partial charge in [-0.05, 0) is 26.2 Å².